The van der Waals surface area contributed by atoms with Gasteiger partial charge in [0.1, 0.15) is 0 Å². The molecule has 0 unspecified atom stereocenters. The lowest BCUT2D eigenvalue weighted by Crippen LogP contribution is -2.20. The fourth-order valence-electron chi connectivity index (χ4n) is 3.40. The minimum absolute atomic E-state index is 0.0483. The monoisotopic (exact) mass is 459 g/mol. The molecule has 0 radical (unpaired) electrons. The highest BCUT2D eigenvalue weighted by molar-refractivity contribution is 5.95. The molecule has 172 valence electrons. The number of hydrogen-bond donors (Lipinski definition) is 1. The summed E-state index contributed by atoms with van der Waals surface area (Å²) in [5.74, 6) is 0.528. The second kappa shape index (κ2) is 9.86. The van der Waals surface area contributed by atoms with Crippen LogP contribution in [0.15, 0.2) is 65.2 Å². The molecule has 4 aromatic rings. The summed E-state index contributed by atoms with van der Waals surface area (Å²) in [4.78, 5) is 23.0. The molecule has 0 aliphatic rings. The summed E-state index contributed by atoms with van der Waals surface area (Å²) in [7, 11) is 1.48. The summed E-state index contributed by atoms with van der Waals surface area (Å²) in [6, 6.07) is 18.6. The van der Waals surface area contributed by atoms with Crippen molar-refractivity contribution < 1.29 is 23.7 Å². The Hall–Kier alpha value is -4.66. The van der Waals surface area contributed by atoms with Gasteiger partial charge in [0.15, 0.2) is 23.8 Å². The van der Waals surface area contributed by atoms with Gasteiger partial charge in [-0.3, -0.25) is 14.9 Å². The van der Waals surface area contributed by atoms with Crippen molar-refractivity contribution in [1.82, 2.24) is 5.16 Å². The van der Waals surface area contributed by atoms with E-state index in [4.69, 9.17) is 14.0 Å². The van der Waals surface area contributed by atoms with Crippen LogP contribution in [-0.4, -0.2) is 29.7 Å². The lowest BCUT2D eigenvalue weighted by atomic mass is 10.1. The van der Waals surface area contributed by atoms with E-state index in [0.29, 0.717) is 22.7 Å². The second-order valence-corrected chi connectivity index (χ2v) is 7.38. The second-order valence-electron chi connectivity index (χ2n) is 7.38. The van der Waals surface area contributed by atoms with Crippen LogP contribution in [0.2, 0.25) is 0 Å². The Morgan fingerprint density at radius 1 is 1.09 bits per heavy atom. The Balaban J connectivity index is 1.41. The summed E-state index contributed by atoms with van der Waals surface area (Å²) in [5.41, 5.74) is 1.39. The van der Waals surface area contributed by atoms with Crippen LogP contribution in [0.5, 0.6) is 11.5 Å². The third-order valence-corrected chi connectivity index (χ3v) is 5.05. The van der Waals surface area contributed by atoms with E-state index in [1.165, 1.54) is 20.1 Å². The Morgan fingerprint density at radius 3 is 2.65 bits per heavy atom. The fraction of sp³-hybridized carbons (Fsp3) is 0.120. The number of aryl methyl sites for hydroxylation is 1. The predicted octanol–water partition coefficient (Wildman–Crippen LogP) is 5.24. The van der Waals surface area contributed by atoms with Crippen molar-refractivity contribution in [3.05, 3.63) is 87.8 Å². The number of amides is 1. The van der Waals surface area contributed by atoms with Gasteiger partial charge in [-0.05, 0) is 53.6 Å². The zero-order valence-corrected chi connectivity index (χ0v) is 18.5. The number of nitrogens with zero attached hydrogens (tertiary/aromatic N) is 2. The van der Waals surface area contributed by atoms with Gasteiger partial charge in [-0.1, -0.05) is 47.6 Å². The van der Waals surface area contributed by atoms with Crippen LogP contribution < -0.4 is 14.8 Å². The highest BCUT2D eigenvalue weighted by atomic mass is 16.6. The van der Waals surface area contributed by atoms with Crippen LogP contribution in [0.25, 0.3) is 22.9 Å². The minimum atomic E-state index is -0.536. The molecule has 0 saturated heterocycles. The van der Waals surface area contributed by atoms with Crippen LogP contribution >= 0.6 is 0 Å². The summed E-state index contributed by atoms with van der Waals surface area (Å²) < 4.78 is 16.0. The van der Waals surface area contributed by atoms with Crippen molar-refractivity contribution in [2.24, 2.45) is 0 Å². The predicted molar refractivity (Wildman–Crippen MR) is 128 cm³/mol. The molecule has 1 N–H and O–H groups in total. The van der Waals surface area contributed by atoms with Crippen molar-refractivity contribution in [2.75, 3.05) is 19.0 Å². The molecule has 0 aliphatic carbocycles. The Kier molecular flexibility index (Phi) is 6.54. The molecule has 0 spiro atoms. The van der Waals surface area contributed by atoms with Gasteiger partial charge in [-0.25, -0.2) is 0 Å². The number of aromatic nitrogens is 1. The van der Waals surface area contributed by atoms with Crippen LogP contribution in [-0.2, 0) is 4.79 Å². The number of carbonyl (C=O) groups is 1. The van der Waals surface area contributed by atoms with Gasteiger partial charge in [-0.2, -0.15) is 0 Å². The molecule has 3 aromatic carbocycles. The number of rotatable bonds is 8. The van der Waals surface area contributed by atoms with E-state index in [2.05, 4.69) is 10.5 Å². The molecule has 0 fully saturated rings. The maximum atomic E-state index is 12.4. The van der Waals surface area contributed by atoms with Gasteiger partial charge in [0, 0.05) is 5.69 Å². The Morgan fingerprint density at radius 2 is 1.88 bits per heavy atom. The van der Waals surface area contributed by atoms with Crippen molar-refractivity contribution in [2.45, 2.75) is 6.92 Å². The number of nitro groups is 1. The Labute approximate surface area is 194 Å². The lowest BCUT2D eigenvalue weighted by molar-refractivity contribution is -0.386. The highest BCUT2D eigenvalue weighted by Gasteiger charge is 2.22. The SMILES string of the molecule is COc1cc(/C=C/c2onc(C)c2[N+](=O)[O-])ccc1OCC(=O)Nc1ccc2ccccc2c1. The number of anilines is 1. The van der Waals surface area contributed by atoms with Gasteiger partial charge in [0.2, 0.25) is 5.76 Å². The maximum absolute atomic E-state index is 12.4. The van der Waals surface area contributed by atoms with E-state index < -0.39 is 4.92 Å². The van der Waals surface area contributed by atoms with E-state index in [1.54, 1.807) is 24.3 Å². The lowest BCUT2D eigenvalue weighted by Gasteiger charge is -2.12. The number of methoxy groups -OCH3 is 1. The standard InChI is InChI=1S/C25H21N3O6/c1-16-25(28(30)31)22(34-27-16)12-8-17-7-11-21(23(13-17)32-2)33-15-24(29)26-20-10-9-18-5-3-4-6-19(18)14-20/h3-14H,15H2,1-2H3,(H,26,29)/b12-8+. The largest absolute Gasteiger partial charge is 0.493 e. The van der Waals surface area contributed by atoms with E-state index >= 15 is 0 Å². The molecular weight excluding hydrogens is 438 g/mol. The van der Waals surface area contributed by atoms with Gasteiger partial charge in [0.05, 0.1) is 12.0 Å². The third-order valence-electron chi connectivity index (χ3n) is 5.05. The first-order valence-electron chi connectivity index (χ1n) is 10.3. The number of nitrogens with one attached hydrogen (secondary N) is 1. The molecule has 1 heterocycles. The van der Waals surface area contributed by atoms with Crippen LogP contribution in [0, 0.1) is 17.0 Å². The molecule has 1 amide bonds. The minimum Gasteiger partial charge on any atom is -0.493 e. The van der Waals surface area contributed by atoms with E-state index in [0.717, 1.165) is 10.8 Å². The number of fused-ring (bicyclic) bond motifs is 1. The average molecular weight is 459 g/mol. The van der Waals surface area contributed by atoms with Crippen LogP contribution in [0.1, 0.15) is 17.0 Å². The average Bonchev–Trinajstić information content (AvgIpc) is 3.22. The summed E-state index contributed by atoms with van der Waals surface area (Å²) in [6.07, 6.45) is 3.09. The summed E-state index contributed by atoms with van der Waals surface area (Å²) in [5, 5.41) is 19.7. The van der Waals surface area contributed by atoms with Gasteiger partial charge in [0.25, 0.3) is 5.91 Å². The maximum Gasteiger partial charge on any atom is 0.338 e. The van der Waals surface area contributed by atoms with Gasteiger partial charge >= 0.3 is 5.69 Å². The third kappa shape index (κ3) is 5.04. The quantitative estimate of drug-likeness (QED) is 0.283. The fourth-order valence-corrected chi connectivity index (χ4v) is 3.40. The number of ether oxygens (including phenoxy) is 2. The molecule has 1 aromatic heterocycles. The van der Waals surface area contributed by atoms with Crippen molar-refractivity contribution in [3.63, 3.8) is 0 Å². The number of hydrogen-bond acceptors (Lipinski definition) is 7. The first-order chi connectivity index (χ1) is 16.4. The Bertz CT molecular complexity index is 1390. The van der Waals surface area contributed by atoms with E-state index in [1.807, 2.05) is 42.5 Å². The van der Waals surface area contributed by atoms with Crippen molar-refractivity contribution in [1.29, 1.82) is 0 Å². The molecule has 9 heteroatoms. The smallest absolute Gasteiger partial charge is 0.338 e. The summed E-state index contributed by atoms with van der Waals surface area (Å²) >= 11 is 0. The first kappa shape index (κ1) is 22.5. The molecule has 9 nitrogen and oxygen atoms in total. The van der Waals surface area contributed by atoms with E-state index in [-0.39, 0.29) is 29.7 Å². The van der Waals surface area contributed by atoms with Crippen molar-refractivity contribution in [3.8, 4) is 11.5 Å². The zero-order chi connectivity index (χ0) is 24.1. The molecule has 4 rings (SSSR count). The molecular formula is C25H21N3O6. The number of carbonyl (C=O) groups excluding carboxylic acids is 1. The molecule has 34 heavy (non-hydrogen) atoms. The normalized spacial score (nSPS) is 11.0. The van der Waals surface area contributed by atoms with Crippen LogP contribution in [0.4, 0.5) is 11.4 Å². The highest BCUT2D eigenvalue weighted by Crippen LogP contribution is 2.30. The number of benzene rings is 3. The van der Waals surface area contributed by atoms with E-state index in [9.17, 15) is 14.9 Å². The molecule has 0 atom stereocenters. The van der Waals surface area contributed by atoms with Crippen molar-refractivity contribution >= 4 is 40.2 Å². The molecule has 0 bridgehead atoms. The molecule has 0 saturated carbocycles. The molecule has 0 aliphatic heterocycles. The topological polar surface area (TPSA) is 117 Å². The van der Waals surface area contributed by atoms with Gasteiger partial charge < -0.3 is 19.3 Å². The van der Waals surface area contributed by atoms with Crippen LogP contribution in [0.3, 0.4) is 0 Å². The zero-order valence-electron chi connectivity index (χ0n) is 18.5. The van der Waals surface area contributed by atoms with Gasteiger partial charge in [-0.15, -0.1) is 0 Å². The summed E-state index contributed by atoms with van der Waals surface area (Å²) in [6.45, 7) is 1.30. The first-order valence-corrected chi connectivity index (χ1v) is 10.3.